The standard InChI is InChI=1S/C14H17ClN2O5S2/c1-14(2,3)22-13(18)16-7-12-17-8-5-11(24(15,19)20)9(21-4)6-10(8)23-12/h5-6H,7H2,1-4H3,(H,16,18). The van der Waals surface area contributed by atoms with Crippen molar-refractivity contribution in [3.05, 3.63) is 17.1 Å². The Hall–Kier alpha value is -1.58. The SMILES string of the molecule is COc1cc2sc(CNC(=O)OC(C)(C)C)nc2cc1S(=O)(=O)Cl. The second-order valence-corrected chi connectivity index (χ2v) is 9.52. The lowest BCUT2D eigenvalue weighted by Crippen LogP contribution is -2.32. The van der Waals surface area contributed by atoms with Crippen molar-refractivity contribution in [1.82, 2.24) is 10.3 Å². The molecule has 1 heterocycles. The van der Waals surface area contributed by atoms with Gasteiger partial charge in [-0.05, 0) is 26.8 Å². The third-order valence-corrected chi connectivity index (χ3v) is 5.12. The molecule has 0 aliphatic carbocycles. The van der Waals surface area contributed by atoms with Gasteiger partial charge in [-0.1, -0.05) is 0 Å². The molecule has 1 aromatic heterocycles. The summed E-state index contributed by atoms with van der Waals surface area (Å²) >= 11 is 1.31. The molecule has 0 unspecified atom stereocenters. The number of alkyl carbamates (subject to hydrolysis) is 1. The van der Waals surface area contributed by atoms with E-state index in [1.807, 2.05) is 0 Å². The molecule has 1 N–H and O–H groups in total. The molecule has 0 atom stereocenters. The number of hydrogen-bond acceptors (Lipinski definition) is 7. The number of rotatable bonds is 4. The molecule has 0 bridgehead atoms. The lowest BCUT2D eigenvalue weighted by molar-refractivity contribution is 0.0523. The molecular formula is C14H17ClN2O5S2. The van der Waals surface area contributed by atoms with Gasteiger partial charge < -0.3 is 14.8 Å². The monoisotopic (exact) mass is 392 g/mol. The van der Waals surface area contributed by atoms with Crippen molar-refractivity contribution in [2.24, 2.45) is 0 Å². The quantitative estimate of drug-likeness (QED) is 0.802. The molecule has 24 heavy (non-hydrogen) atoms. The fourth-order valence-corrected chi connectivity index (χ4v) is 3.79. The Morgan fingerprint density at radius 3 is 2.58 bits per heavy atom. The summed E-state index contributed by atoms with van der Waals surface area (Å²) in [5.41, 5.74) is -0.129. The zero-order valence-electron chi connectivity index (χ0n) is 13.5. The Morgan fingerprint density at radius 2 is 2.04 bits per heavy atom. The maximum absolute atomic E-state index is 11.7. The number of halogens is 1. The van der Waals surface area contributed by atoms with Crippen molar-refractivity contribution >= 4 is 47.4 Å². The number of methoxy groups -OCH3 is 1. The largest absolute Gasteiger partial charge is 0.495 e. The minimum absolute atomic E-state index is 0.142. The van der Waals surface area contributed by atoms with Crippen LogP contribution < -0.4 is 10.1 Å². The van der Waals surface area contributed by atoms with E-state index in [4.69, 9.17) is 20.2 Å². The Morgan fingerprint density at radius 1 is 1.38 bits per heavy atom. The summed E-state index contributed by atoms with van der Waals surface area (Å²) in [5, 5.41) is 3.20. The van der Waals surface area contributed by atoms with E-state index >= 15 is 0 Å². The zero-order chi connectivity index (χ0) is 18.1. The van der Waals surface area contributed by atoms with Crippen molar-refractivity contribution < 1.29 is 22.7 Å². The van der Waals surface area contributed by atoms with E-state index in [0.717, 1.165) is 4.70 Å². The molecular weight excluding hydrogens is 376 g/mol. The van der Waals surface area contributed by atoms with Gasteiger partial charge in [0.1, 0.15) is 21.3 Å². The number of thiazole rings is 1. The van der Waals surface area contributed by atoms with Crippen LogP contribution in [0.3, 0.4) is 0 Å². The van der Waals surface area contributed by atoms with Gasteiger partial charge in [0.25, 0.3) is 9.05 Å². The van der Waals surface area contributed by atoms with E-state index in [-0.39, 0.29) is 17.2 Å². The van der Waals surface area contributed by atoms with Gasteiger partial charge in [0.2, 0.25) is 0 Å². The molecule has 2 aromatic rings. The minimum atomic E-state index is -3.95. The Labute approximate surface area is 148 Å². The number of carbonyl (C=O) groups excluding carboxylic acids is 1. The van der Waals surface area contributed by atoms with Crippen molar-refractivity contribution in [1.29, 1.82) is 0 Å². The summed E-state index contributed by atoms with van der Waals surface area (Å²) in [5.74, 6) is 0.146. The summed E-state index contributed by atoms with van der Waals surface area (Å²) in [6.45, 7) is 5.47. The number of nitrogens with zero attached hydrogens (tertiary/aromatic N) is 1. The average molecular weight is 393 g/mol. The molecule has 0 fully saturated rings. The Kier molecular flexibility index (Phi) is 5.26. The van der Waals surface area contributed by atoms with Crippen molar-refractivity contribution in [2.45, 2.75) is 37.8 Å². The molecule has 0 saturated heterocycles. The first-order valence-corrected chi connectivity index (χ1v) is 10.0. The van der Waals surface area contributed by atoms with Crippen LogP contribution in [0.1, 0.15) is 25.8 Å². The fourth-order valence-electron chi connectivity index (χ4n) is 1.87. The van der Waals surface area contributed by atoms with E-state index in [0.29, 0.717) is 10.5 Å². The summed E-state index contributed by atoms with van der Waals surface area (Å²) < 4.78 is 34.1. The highest BCUT2D eigenvalue weighted by Gasteiger charge is 2.20. The highest BCUT2D eigenvalue weighted by atomic mass is 35.7. The number of ether oxygens (including phenoxy) is 2. The molecule has 0 saturated carbocycles. The number of benzene rings is 1. The minimum Gasteiger partial charge on any atom is -0.495 e. The average Bonchev–Trinajstić information content (AvgIpc) is 2.82. The highest BCUT2D eigenvalue weighted by Crippen LogP contribution is 2.34. The normalized spacial score (nSPS) is 12.2. The second-order valence-electron chi connectivity index (χ2n) is 5.87. The number of carbonyl (C=O) groups is 1. The first kappa shape index (κ1) is 18.8. The number of fused-ring (bicyclic) bond motifs is 1. The molecule has 7 nitrogen and oxygen atoms in total. The van der Waals surface area contributed by atoms with Crippen LogP contribution in [0.15, 0.2) is 17.0 Å². The molecule has 0 aliphatic rings. The lowest BCUT2D eigenvalue weighted by Gasteiger charge is -2.19. The Bertz CT molecular complexity index is 871. The van der Waals surface area contributed by atoms with Crippen LogP contribution in [0, 0.1) is 0 Å². The maximum atomic E-state index is 11.7. The van der Waals surface area contributed by atoms with E-state index in [1.54, 1.807) is 26.8 Å². The molecule has 0 radical (unpaired) electrons. The van der Waals surface area contributed by atoms with Gasteiger partial charge in [-0.15, -0.1) is 11.3 Å². The summed E-state index contributed by atoms with van der Waals surface area (Å²) in [4.78, 5) is 15.8. The first-order valence-electron chi connectivity index (χ1n) is 6.88. The van der Waals surface area contributed by atoms with Gasteiger partial charge >= 0.3 is 6.09 Å². The van der Waals surface area contributed by atoms with E-state index in [1.165, 1.54) is 24.5 Å². The Balaban J connectivity index is 2.24. The summed E-state index contributed by atoms with van der Waals surface area (Å²) in [6.07, 6.45) is -0.552. The predicted molar refractivity (Wildman–Crippen MR) is 92.3 cm³/mol. The van der Waals surface area contributed by atoms with Crippen LogP contribution in [0.4, 0.5) is 4.79 Å². The van der Waals surface area contributed by atoms with Crippen LogP contribution in [-0.4, -0.2) is 32.2 Å². The third-order valence-electron chi connectivity index (χ3n) is 2.76. The number of nitrogens with one attached hydrogen (secondary N) is 1. The van der Waals surface area contributed by atoms with Gasteiger partial charge in [-0.2, -0.15) is 0 Å². The summed E-state index contributed by atoms with van der Waals surface area (Å²) in [6, 6.07) is 2.91. The van der Waals surface area contributed by atoms with Gasteiger partial charge in [0.05, 0.1) is 23.9 Å². The van der Waals surface area contributed by atoms with Crippen molar-refractivity contribution in [2.75, 3.05) is 7.11 Å². The van der Waals surface area contributed by atoms with Crippen LogP contribution >= 0.6 is 22.0 Å². The smallest absolute Gasteiger partial charge is 0.408 e. The molecule has 0 aliphatic heterocycles. The van der Waals surface area contributed by atoms with E-state index < -0.39 is 20.7 Å². The zero-order valence-corrected chi connectivity index (χ0v) is 15.9. The fraction of sp³-hybridized carbons (Fsp3) is 0.429. The topological polar surface area (TPSA) is 94.6 Å². The van der Waals surface area contributed by atoms with Crippen LogP contribution in [-0.2, 0) is 20.3 Å². The molecule has 1 amide bonds. The van der Waals surface area contributed by atoms with Gasteiger partial charge in [0, 0.05) is 16.7 Å². The van der Waals surface area contributed by atoms with Crippen molar-refractivity contribution in [3.8, 4) is 5.75 Å². The molecule has 0 spiro atoms. The van der Waals surface area contributed by atoms with Crippen LogP contribution in [0.5, 0.6) is 5.75 Å². The van der Waals surface area contributed by atoms with E-state index in [2.05, 4.69) is 10.3 Å². The molecule has 10 heteroatoms. The maximum Gasteiger partial charge on any atom is 0.408 e. The highest BCUT2D eigenvalue weighted by molar-refractivity contribution is 8.13. The van der Waals surface area contributed by atoms with Crippen molar-refractivity contribution in [3.63, 3.8) is 0 Å². The number of amides is 1. The van der Waals surface area contributed by atoms with Crippen LogP contribution in [0.2, 0.25) is 0 Å². The van der Waals surface area contributed by atoms with E-state index in [9.17, 15) is 13.2 Å². The second kappa shape index (κ2) is 6.73. The van der Waals surface area contributed by atoms with Gasteiger partial charge in [0.15, 0.2) is 0 Å². The van der Waals surface area contributed by atoms with Gasteiger partial charge in [-0.25, -0.2) is 18.2 Å². The first-order chi connectivity index (χ1) is 11.0. The predicted octanol–water partition coefficient (Wildman–Crippen LogP) is 3.26. The van der Waals surface area contributed by atoms with Crippen LogP contribution in [0.25, 0.3) is 10.2 Å². The van der Waals surface area contributed by atoms with Gasteiger partial charge in [-0.3, -0.25) is 0 Å². The summed E-state index contributed by atoms with van der Waals surface area (Å²) in [7, 11) is 2.82. The number of aromatic nitrogens is 1. The third kappa shape index (κ3) is 4.71. The molecule has 1 aromatic carbocycles. The number of hydrogen-bond donors (Lipinski definition) is 1. The molecule has 2 rings (SSSR count). The lowest BCUT2D eigenvalue weighted by atomic mass is 10.2. The molecule has 132 valence electrons.